The van der Waals surface area contributed by atoms with Gasteiger partial charge in [-0.25, -0.2) is 0 Å². The van der Waals surface area contributed by atoms with Crippen molar-refractivity contribution in [1.82, 2.24) is 0 Å². The molecule has 0 heterocycles. The lowest BCUT2D eigenvalue weighted by atomic mass is 10.1. The summed E-state index contributed by atoms with van der Waals surface area (Å²) in [5.74, 6) is -0.0564. The Bertz CT molecular complexity index is 778. The summed E-state index contributed by atoms with van der Waals surface area (Å²) in [5.41, 5.74) is 1.77. The number of hydrogen-bond donors (Lipinski definition) is 2. The van der Waals surface area contributed by atoms with Gasteiger partial charge in [-0.15, -0.1) is 0 Å². The van der Waals surface area contributed by atoms with Gasteiger partial charge >= 0.3 is 0 Å². The van der Waals surface area contributed by atoms with Crippen LogP contribution >= 0.6 is 0 Å². The van der Waals surface area contributed by atoms with Crippen molar-refractivity contribution in [2.24, 2.45) is 0 Å². The zero-order valence-electron chi connectivity index (χ0n) is 12.4. The number of para-hydroxylation sites is 1. The molecule has 0 unspecified atom stereocenters. The van der Waals surface area contributed by atoms with E-state index < -0.39 is 0 Å². The zero-order chi connectivity index (χ0) is 15.4. The maximum Gasteiger partial charge on any atom is 0.246 e. The molecule has 110 valence electrons. The normalized spacial score (nSPS) is 11.9. The molecule has 0 fully saturated rings. The van der Waals surface area contributed by atoms with E-state index in [1.54, 1.807) is 0 Å². The SMILES string of the molecule is C[C@@H](Nc1cccc2ccccc12)C(=O)Nc1ccccc1. The molecular formula is C19H18N2O. The molecule has 3 nitrogen and oxygen atoms in total. The molecule has 0 aliphatic heterocycles. The molecule has 22 heavy (non-hydrogen) atoms. The summed E-state index contributed by atoms with van der Waals surface area (Å²) in [7, 11) is 0. The first-order valence-electron chi connectivity index (χ1n) is 7.34. The van der Waals surface area contributed by atoms with Gasteiger partial charge in [-0.2, -0.15) is 0 Å². The second-order valence-corrected chi connectivity index (χ2v) is 5.25. The number of rotatable bonds is 4. The third-order valence-electron chi connectivity index (χ3n) is 3.60. The van der Waals surface area contributed by atoms with Crippen LogP contribution in [-0.2, 0) is 4.79 Å². The molecular weight excluding hydrogens is 272 g/mol. The van der Waals surface area contributed by atoms with Crippen LogP contribution < -0.4 is 10.6 Å². The molecule has 0 bridgehead atoms. The Balaban J connectivity index is 1.75. The summed E-state index contributed by atoms with van der Waals surface area (Å²) < 4.78 is 0. The van der Waals surface area contributed by atoms with Crippen LogP contribution in [-0.4, -0.2) is 11.9 Å². The van der Waals surface area contributed by atoms with Gasteiger partial charge in [-0.1, -0.05) is 54.6 Å². The number of fused-ring (bicyclic) bond motifs is 1. The number of hydrogen-bond acceptors (Lipinski definition) is 2. The Morgan fingerprint density at radius 3 is 2.36 bits per heavy atom. The Labute approximate surface area is 130 Å². The summed E-state index contributed by atoms with van der Waals surface area (Å²) in [6.07, 6.45) is 0. The predicted molar refractivity (Wildman–Crippen MR) is 92.1 cm³/mol. The van der Waals surface area contributed by atoms with Gasteiger partial charge < -0.3 is 10.6 Å². The number of carbonyl (C=O) groups is 1. The Morgan fingerprint density at radius 2 is 1.55 bits per heavy atom. The lowest BCUT2D eigenvalue weighted by Crippen LogP contribution is -2.31. The molecule has 3 heteroatoms. The first-order chi connectivity index (χ1) is 10.7. The summed E-state index contributed by atoms with van der Waals surface area (Å²) in [5, 5.41) is 8.47. The van der Waals surface area contributed by atoms with E-state index in [9.17, 15) is 4.79 Å². The van der Waals surface area contributed by atoms with Crippen LogP contribution in [0.15, 0.2) is 72.8 Å². The summed E-state index contributed by atoms with van der Waals surface area (Å²) in [6, 6.07) is 23.3. The highest BCUT2D eigenvalue weighted by Crippen LogP contribution is 2.23. The van der Waals surface area contributed by atoms with Crippen molar-refractivity contribution in [3.8, 4) is 0 Å². The molecule has 0 aliphatic rings. The van der Waals surface area contributed by atoms with E-state index in [-0.39, 0.29) is 11.9 Å². The van der Waals surface area contributed by atoms with Gasteiger partial charge in [0.15, 0.2) is 0 Å². The van der Waals surface area contributed by atoms with Gasteiger partial charge in [-0.3, -0.25) is 4.79 Å². The van der Waals surface area contributed by atoms with Crippen LogP contribution in [0.5, 0.6) is 0 Å². The summed E-state index contributed by atoms with van der Waals surface area (Å²) >= 11 is 0. The molecule has 3 aromatic carbocycles. The standard InChI is InChI=1S/C19H18N2O/c1-14(19(22)21-16-10-3-2-4-11-16)20-18-13-7-9-15-8-5-6-12-17(15)18/h2-14,20H,1H3,(H,21,22)/t14-/m1/s1. The molecule has 1 amide bonds. The van der Waals surface area contributed by atoms with Gasteiger partial charge in [-0.05, 0) is 30.5 Å². The smallest absolute Gasteiger partial charge is 0.246 e. The molecule has 3 aromatic rings. The molecule has 0 radical (unpaired) electrons. The largest absolute Gasteiger partial charge is 0.373 e. The minimum Gasteiger partial charge on any atom is -0.373 e. The fraction of sp³-hybridized carbons (Fsp3) is 0.105. The van der Waals surface area contributed by atoms with Crippen LogP contribution in [0.1, 0.15) is 6.92 Å². The van der Waals surface area contributed by atoms with E-state index in [1.807, 2.05) is 61.5 Å². The van der Waals surface area contributed by atoms with Crippen LogP contribution in [0.2, 0.25) is 0 Å². The van der Waals surface area contributed by atoms with E-state index >= 15 is 0 Å². The Hall–Kier alpha value is -2.81. The van der Waals surface area contributed by atoms with E-state index in [2.05, 4.69) is 28.8 Å². The average molecular weight is 290 g/mol. The second-order valence-electron chi connectivity index (χ2n) is 5.25. The van der Waals surface area contributed by atoms with Crippen molar-refractivity contribution in [3.05, 3.63) is 72.8 Å². The Morgan fingerprint density at radius 1 is 0.864 bits per heavy atom. The molecule has 0 saturated heterocycles. The minimum absolute atomic E-state index is 0.0564. The molecule has 0 aliphatic carbocycles. The first kappa shape index (κ1) is 14.1. The van der Waals surface area contributed by atoms with Gasteiger partial charge in [0.25, 0.3) is 0 Å². The molecule has 0 spiro atoms. The van der Waals surface area contributed by atoms with Gasteiger partial charge in [0.1, 0.15) is 6.04 Å². The van der Waals surface area contributed by atoms with Crippen molar-refractivity contribution >= 4 is 28.1 Å². The maximum atomic E-state index is 12.3. The van der Waals surface area contributed by atoms with Gasteiger partial charge in [0.2, 0.25) is 5.91 Å². The number of nitrogens with one attached hydrogen (secondary N) is 2. The number of carbonyl (C=O) groups excluding carboxylic acids is 1. The van der Waals surface area contributed by atoms with Crippen LogP contribution in [0, 0.1) is 0 Å². The lowest BCUT2D eigenvalue weighted by Gasteiger charge is -2.17. The zero-order valence-corrected chi connectivity index (χ0v) is 12.4. The number of amides is 1. The van der Waals surface area contributed by atoms with Crippen LogP contribution in [0.4, 0.5) is 11.4 Å². The average Bonchev–Trinajstić information content (AvgIpc) is 2.56. The monoisotopic (exact) mass is 290 g/mol. The van der Waals surface area contributed by atoms with Gasteiger partial charge in [0, 0.05) is 16.8 Å². The van der Waals surface area contributed by atoms with Crippen molar-refractivity contribution in [2.75, 3.05) is 10.6 Å². The topological polar surface area (TPSA) is 41.1 Å². The molecule has 2 N–H and O–H groups in total. The van der Waals surface area contributed by atoms with Gasteiger partial charge in [0.05, 0.1) is 0 Å². The lowest BCUT2D eigenvalue weighted by molar-refractivity contribution is -0.116. The third kappa shape index (κ3) is 3.09. The predicted octanol–water partition coefficient (Wildman–Crippen LogP) is 4.28. The van der Waals surface area contributed by atoms with Crippen molar-refractivity contribution in [1.29, 1.82) is 0 Å². The number of benzene rings is 3. The first-order valence-corrected chi connectivity index (χ1v) is 7.34. The Kier molecular flexibility index (Phi) is 4.05. The maximum absolute atomic E-state index is 12.3. The fourth-order valence-corrected chi connectivity index (χ4v) is 2.42. The number of anilines is 2. The van der Waals surface area contributed by atoms with E-state index in [0.717, 1.165) is 22.1 Å². The van der Waals surface area contributed by atoms with Crippen molar-refractivity contribution < 1.29 is 4.79 Å². The van der Waals surface area contributed by atoms with E-state index in [1.165, 1.54) is 0 Å². The fourth-order valence-electron chi connectivity index (χ4n) is 2.42. The molecule has 3 rings (SSSR count). The van der Waals surface area contributed by atoms with Crippen molar-refractivity contribution in [2.45, 2.75) is 13.0 Å². The summed E-state index contributed by atoms with van der Waals surface area (Å²) in [4.78, 5) is 12.3. The van der Waals surface area contributed by atoms with Crippen LogP contribution in [0.3, 0.4) is 0 Å². The highest BCUT2D eigenvalue weighted by atomic mass is 16.2. The third-order valence-corrected chi connectivity index (χ3v) is 3.60. The molecule has 0 saturated carbocycles. The second kappa shape index (κ2) is 6.31. The van der Waals surface area contributed by atoms with Crippen LogP contribution in [0.25, 0.3) is 10.8 Å². The van der Waals surface area contributed by atoms with Crippen molar-refractivity contribution in [3.63, 3.8) is 0 Å². The minimum atomic E-state index is -0.328. The quantitative estimate of drug-likeness (QED) is 0.753. The molecule has 1 atom stereocenters. The van der Waals surface area contributed by atoms with E-state index in [0.29, 0.717) is 0 Å². The highest BCUT2D eigenvalue weighted by Gasteiger charge is 2.13. The highest BCUT2D eigenvalue weighted by molar-refractivity contribution is 5.99. The van der Waals surface area contributed by atoms with E-state index in [4.69, 9.17) is 0 Å². The molecule has 0 aromatic heterocycles. The summed E-state index contributed by atoms with van der Waals surface area (Å²) in [6.45, 7) is 1.86.